The second kappa shape index (κ2) is 11.5. The van der Waals surface area contributed by atoms with Gasteiger partial charge in [0.15, 0.2) is 16.3 Å². The molecule has 1 fully saturated rings. The molecule has 1 amide bonds. The van der Waals surface area contributed by atoms with Crippen molar-refractivity contribution in [3.63, 3.8) is 0 Å². The molecule has 0 unspecified atom stereocenters. The summed E-state index contributed by atoms with van der Waals surface area (Å²) in [6.07, 6.45) is 0. The van der Waals surface area contributed by atoms with Crippen LogP contribution in [0.5, 0.6) is 11.5 Å². The number of morpholine rings is 1. The Bertz CT molecular complexity index is 1390. The van der Waals surface area contributed by atoms with Gasteiger partial charge >= 0.3 is 0 Å². The van der Waals surface area contributed by atoms with E-state index in [9.17, 15) is 13.2 Å². The second-order valence-electron chi connectivity index (χ2n) is 7.87. The number of methoxy groups -OCH3 is 2. The van der Waals surface area contributed by atoms with Crippen molar-refractivity contribution in [3.05, 3.63) is 46.8 Å². The summed E-state index contributed by atoms with van der Waals surface area (Å²) < 4.78 is 51.5. The van der Waals surface area contributed by atoms with Crippen molar-refractivity contribution in [2.24, 2.45) is 4.99 Å². The summed E-state index contributed by atoms with van der Waals surface area (Å²) in [6, 6.07) is 9.57. The van der Waals surface area contributed by atoms with Crippen LogP contribution in [0.3, 0.4) is 0 Å². The zero-order chi connectivity index (χ0) is 25.7. The van der Waals surface area contributed by atoms with Crippen LogP contribution < -0.4 is 14.3 Å². The normalized spacial score (nSPS) is 15.4. The minimum absolute atomic E-state index is 0.133. The fourth-order valence-corrected chi connectivity index (χ4v) is 6.33. The smallest absolute Gasteiger partial charge is 0.279 e. The number of hydrogen-bond acceptors (Lipinski definition) is 8. The number of benzene rings is 2. The Kier molecular flexibility index (Phi) is 8.42. The molecule has 1 aliphatic heterocycles. The lowest BCUT2D eigenvalue weighted by atomic mass is 10.2. The van der Waals surface area contributed by atoms with Gasteiger partial charge in [-0.3, -0.25) is 4.79 Å². The molecule has 0 bridgehead atoms. The third-order valence-electron chi connectivity index (χ3n) is 5.76. The van der Waals surface area contributed by atoms with Crippen LogP contribution in [0.25, 0.3) is 10.2 Å². The highest BCUT2D eigenvalue weighted by molar-refractivity contribution is 7.89. The molecule has 2 aromatic carbocycles. The largest absolute Gasteiger partial charge is 0.493 e. The van der Waals surface area contributed by atoms with Crippen molar-refractivity contribution in [2.75, 3.05) is 53.7 Å². The molecule has 3 aromatic rings. The Labute approximate surface area is 213 Å². The zero-order valence-electron chi connectivity index (χ0n) is 20.4. The number of aromatic nitrogens is 1. The number of carbonyl (C=O) groups is 1. The molecule has 1 aliphatic rings. The quantitative estimate of drug-likeness (QED) is 0.388. The first-order chi connectivity index (χ1) is 17.4. The van der Waals surface area contributed by atoms with Gasteiger partial charge in [0.2, 0.25) is 10.0 Å². The highest BCUT2D eigenvalue weighted by Gasteiger charge is 2.26. The molecule has 0 aliphatic carbocycles. The van der Waals surface area contributed by atoms with Crippen molar-refractivity contribution in [1.82, 2.24) is 8.87 Å². The average Bonchev–Trinajstić information content (AvgIpc) is 3.24. The Morgan fingerprint density at radius 2 is 1.75 bits per heavy atom. The van der Waals surface area contributed by atoms with E-state index in [1.807, 2.05) is 23.6 Å². The van der Waals surface area contributed by atoms with Gasteiger partial charge in [0.05, 0.1) is 49.2 Å². The first-order valence-corrected chi connectivity index (χ1v) is 13.7. The van der Waals surface area contributed by atoms with Gasteiger partial charge in [-0.15, -0.1) is 0 Å². The van der Waals surface area contributed by atoms with Crippen LogP contribution in [0.1, 0.15) is 17.3 Å². The topological polar surface area (TPSA) is 109 Å². The van der Waals surface area contributed by atoms with Crippen LogP contribution in [0.2, 0.25) is 0 Å². The maximum absolute atomic E-state index is 13.1. The summed E-state index contributed by atoms with van der Waals surface area (Å²) in [4.78, 5) is 18.0. The maximum atomic E-state index is 13.1. The van der Waals surface area contributed by atoms with Crippen molar-refractivity contribution < 1.29 is 32.2 Å². The summed E-state index contributed by atoms with van der Waals surface area (Å²) in [6.45, 7) is 4.78. The molecule has 0 radical (unpaired) electrons. The number of nitrogens with zero attached hydrogens (tertiary/aromatic N) is 3. The molecule has 1 aromatic heterocycles. The molecule has 0 saturated carbocycles. The number of thiazole rings is 1. The average molecular weight is 536 g/mol. The molecule has 194 valence electrons. The summed E-state index contributed by atoms with van der Waals surface area (Å²) >= 11 is 1.35. The van der Waals surface area contributed by atoms with Gasteiger partial charge in [-0.2, -0.15) is 9.30 Å². The Morgan fingerprint density at radius 1 is 1.08 bits per heavy atom. The molecule has 0 N–H and O–H groups in total. The number of carbonyl (C=O) groups excluding carboxylic acids is 1. The molecule has 10 nitrogen and oxygen atoms in total. The molecule has 2 heterocycles. The number of rotatable bonds is 9. The van der Waals surface area contributed by atoms with Gasteiger partial charge in [-0.05, 0) is 31.2 Å². The molecular formula is C24H29N3O7S2. The summed E-state index contributed by atoms with van der Waals surface area (Å²) in [5.74, 6) is 0.682. The SMILES string of the molecule is CCOCCn1c(=NC(=O)c2ccc(S(=O)(=O)N3CCOCC3)cc2)sc2cc(OC)c(OC)cc21. The third kappa shape index (κ3) is 5.47. The summed E-state index contributed by atoms with van der Waals surface area (Å²) in [5, 5.41) is 0. The van der Waals surface area contributed by atoms with E-state index in [1.165, 1.54) is 39.9 Å². The number of sulfonamides is 1. The fourth-order valence-electron chi connectivity index (χ4n) is 3.86. The van der Waals surface area contributed by atoms with E-state index < -0.39 is 15.9 Å². The van der Waals surface area contributed by atoms with E-state index in [2.05, 4.69) is 4.99 Å². The van der Waals surface area contributed by atoms with Gasteiger partial charge in [0, 0.05) is 43.9 Å². The molecule has 0 atom stereocenters. The van der Waals surface area contributed by atoms with Crippen LogP contribution in [0.15, 0.2) is 46.3 Å². The van der Waals surface area contributed by atoms with Gasteiger partial charge in [-0.25, -0.2) is 8.42 Å². The van der Waals surface area contributed by atoms with Crippen molar-refractivity contribution in [3.8, 4) is 11.5 Å². The minimum Gasteiger partial charge on any atom is -0.493 e. The van der Waals surface area contributed by atoms with Crippen molar-refractivity contribution in [1.29, 1.82) is 0 Å². The van der Waals surface area contributed by atoms with E-state index in [1.54, 1.807) is 14.2 Å². The number of fused-ring (bicyclic) bond motifs is 1. The van der Waals surface area contributed by atoms with Gasteiger partial charge in [0.25, 0.3) is 5.91 Å². The lowest BCUT2D eigenvalue weighted by molar-refractivity contribution is 0.0730. The second-order valence-corrected chi connectivity index (χ2v) is 10.8. The number of hydrogen-bond donors (Lipinski definition) is 0. The molecule has 4 rings (SSSR count). The summed E-state index contributed by atoms with van der Waals surface area (Å²) in [5.41, 5.74) is 1.13. The van der Waals surface area contributed by atoms with Crippen molar-refractivity contribution in [2.45, 2.75) is 18.4 Å². The number of ether oxygens (including phenoxy) is 4. The van der Waals surface area contributed by atoms with Gasteiger partial charge in [-0.1, -0.05) is 11.3 Å². The molecule has 36 heavy (non-hydrogen) atoms. The zero-order valence-corrected chi connectivity index (χ0v) is 22.1. The minimum atomic E-state index is -3.64. The third-order valence-corrected chi connectivity index (χ3v) is 8.71. The van der Waals surface area contributed by atoms with Crippen molar-refractivity contribution >= 4 is 37.5 Å². The maximum Gasteiger partial charge on any atom is 0.279 e. The van der Waals surface area contributed by atoms with Crippen LogP contribution in [-0.4, -0.2) is 76.9 Å². The van der Waals surface area contributed by atoms with Gasteiger partial charge in [0.1, 0.15) is 0 Å². The van der Waals surface area contributed by atoms with Crippen LogP contribution in [0, 0.1) is 0 Å². The van der Waals surface area contributed by atoms with E-state index >= 15 is 0 Å². The lowest BCUT2D eigenvalue weighted by Crippen LogP contribution is -2.40. The molecule has 1 saturated heterocycles. The van der Waals surface area contributed by atoms with Crippen LogP contribution in [-0.2, 0) is 26.0 Å². The lowest BCUT2D eigenvalue weighted by Gasteiger charge is -2.26. The Balaban J connectivity index is 1.68. The first kappa shape index (κ1) is 26.3. The highest BCUT2D eigenvalue weighted by Crippen LogP contribution is 2.33. The van der Waals surface area contributed by atoms with E-state index in [0.29, 0.717) is 67.9 Å². The van der Waals surface area contributed by atoms with E-state index in [4.69, 9.17) is 18.9 Å². The first-order valence-electron chi connectivity index (χ1n) is 11.5. The molecule has 0 spiro atoms. The van der Waals surface area contributed by atoms with Gasteiger partial charge < -0.3 is 23.5 Å². The predicted octanol–water partition coefficient (Wildman–Crippen LogP) is 2.52. The fraction of sp³-hybridized carbons (Fsp3) is 0.417. The molecular weight excluding hydrogens is 506 g/mol. The monoisotopic (exact) mass is 535 g/mol. The van der Waals surface area contributed by atoms with E-state index in [0.717, 1.165) is 10.2 Å². The Morgan fingerprint density at radius 3 is 2.39 bits per heavy atom. The molecule has 12 heteroatoms. The van der Waals surface area contributed by atoms with Crippen LogP contribution in [0.4, 0.5) is 0 Å². The van der Waals surface area contributed by atoms with E-state index in [-0.39, 0.29) is 4.90 Å². The summed E-state index contributed by atoms with van der Waals surface area (Å²) in [7, 11) is -0.506. The Hall–Kier alpha value is -2.77. The number of amides is 1. The standard InChI is InChI=1S/C24H29N3O7S2/c1-4-33-14-11-27-19-15-20(31-2)21(32-3)16-22(19)35-24(27)25-23(28)17-5-7-18(8-6-17)36(29,30)26-9-12-34-13-10-26/h5-8,15-16H,4,9-14H2,1-3H3. The highest BCUT2D eigenvalue weighted by atomic mass is 32.2. The van der Waals surface area contributed by atoms with Crippen LogP contribution >= 0.6 is 11.3 Å². The predicted molar refractivity (Wildman–Crippen MR) is 135 cm³/mol.